The first-order chi connectivity index (χ1) is 20.7. The predicted molar refractivity (Wildman–Crippen MR) is 174 cm³/mol. The van der Waals surface area contributed by atoms with E-state index in [1.165, 1.54) is 80.5 Å². The van der Waals surface area contributed by atoms with E-state index >= 15 is 0 Å². The van der Waals surface area contributed by atoms with E-state index in [1.54, 1.807) is 6.20 Å². The average Bonchev–Trinajstić information content (AvgIpc) is 3.05. The van der Waals surface area contributed by atoms with Crippen LogP contribution in [0.2, 0.25) is 0 Å². The van der Waals surface area contributed by atoms with Gasteiger partial charge in [0.25, 0.3) is 0 Å². The van der Waals surface area contributed by atoms with Crippen molar-refractivity contribution >= 4 is 16.7 Å². The topological polar surface area (TPSA) is 54.0 Å². The van der Waals surface area contributed by atoms with Crippen LogP contribution in [-0.2, 0) is 30.7 Å². The second kappa shape index (κ2) is 16.2. The average molecular weight is 562 g/mol. The van der Waals surface area contributed by atoms with Crippen molar-refractivity contribution in [1.29, 1.82) is 0 Å². The highest BCUT2D eigenvalue weighted by Gasteiger charge is 2.19. The number of hydrogen-bond acceptors (Lipinski definition) is 3. The molecule has 1 heterocycles. The normalized spacial score (nSPS) is 14.6. The lowest BCUT2D eigenvalue weighted by molar-refractivity contribution is -0.123. The maximum Gasteiger partial charge on any atom is 0.237 e. The lowest BCUT2D eigenvalue weighted by Gasteiger charge is -2.21. The van der Waals surface area contributed by atoms with Crippen LogP contribution in [0.3, 0.4) is 0 Å². The van der Waals surface area contributed by atoms with Crippen LogP contribution >= 0.6 is 0 Å². The zero-order valence-electron chi connectivity index (χ0n) is 25.1. The van der Waals surface area contributed by atoms with E-state index in [0.29, 0.717) is 19.5 Å². The van der Waals surface area contributed by atoms with Crippen molar-refractivity contribution in [1.82, 2.24) is 15.6 Å². The monoisotopic (exact) mass is 561 g/mol. The summed E-state index contributed by atoms with van der Waals surface area (Å²) in [5.41, 5.74) is 4.59. The summed E-state index contributed by atoms with van der Waals surface area (Å²) in [4.78, 5) is 17.8. The molecule has 1 aromatic heterocycles. The number of carbonyl (C=O) groups is 1. The van der Waals surface area contributed by atoms with Gasteiger partial charge < -0.3 is 5.32 Å². The molecule has 4 aromatic rings. The minimum absolute atomic E-state index is 0.0105. The van der Waals surface area contributed by atoms with Crippen molar-refractivity contribution in [2.24, 2.45) is 5.92 Å². The standard InChI is InChI=1S/C38H47N3O/c42-38(41-28-32-21-19-31(20-22-32)15-5-2-1-4-12-30-13-6-3-7-14-30)37(40-29-36-18-10-11-25-39-36)27-33-23-24-34-16-8-9-17-35(34)26-33/h8-11,16-26,30,37,40H,1-7,12-15,27-29H2,(H,41,42)/t37-/m0/s1. The minimum Gasteiger partial charge on any atom is -0.351 e. The summed E-state index contributed by atoms with van der Waals surface area (Å²) in [6.45, 7) is 1.07. The molecule has 2 N–H and O–H groups in total. The Balaban J connectivity index is 1.09. The molecule has 0 aliphatic heterocycles. The molecular formula is C38H47N3O. The van der Waals surface area contributed by atoms with Gasteiger partial charge in [-0.15, -0.1) is 0 Å². The van der Waals surface area contributed by atoms with Gasteiger partial charge in [0.05, 0.1) is 11.7 Å². The molecule has 1 aliphatic carbocycles. The number of aromatic nitrogens is 1. The molecule has 1 saturated carbocycles. The van der Waals surface area contributed by atoms with Crippen LogP contribution < -0.4 is 10.6 Å². The van der Waals surface area contributed by atoms with Crippen LogP contribution in [0.25, 0.3) is 10.8 Å². The summed E-state index contributed by atoms with van der Waals surface area (Å²) in [5.74, 6) is 1.02. The van der Waals surface area contributed by atoms with Gasteiger partial charge in [0.2, 0.25) is 5.91 Å². The summed E-state index contributed by atoms with van der Waals surface area (Å²) in [6, 6.07) is 29.1. The number of pyridine rings is 1. The summed E-state index contributed by atoms with van der Waals surface area (Å²) in [5, 5.41) is 9.05. The fourth-order valence-electron chi connectivity index (χ4n) is 6.32. The van der Waals surface area contributed by atoms with Crippen molar-refractivity contribution in [3.05, 3.63) is 114 Å². The lowest BCUT2D eigenvalue weighted by Crippen LogP contribution is -2.45. The molecule has 1 atom stereocenters. The molecule has 1 fully saturated rings. The van der Waals surface area contributed by atoms with Gasteiger partial charge >= 0.3 is 0 Å². The highest BCUT2D eigenvalue weighted by atomic mass is 16.2. The fraction of sp³-hybridized carbons (Fsp3) is 0.421. The molecule has 4 heteroatoms. The molecule has 220 valence electrons. The number of fused-ring (bicyclic) bond motifs is 1. The van der Waals surface area contributed by atoms with Crippen molar-refractivity contribution in [2.75, 3.05) is 0 Å². The Morgan fingerprint density at radius 3 is 2.29 bits per heavy atom. The molecule has 1 aliphatic rings. The first kappa shape index (κ1) is 30.0. The summed E-state index contributed by atoms with van der Waals surface area (Å²) in [6.07, 6.45) is 17.7. The molecule has 3 aromatic carbocycles. The summed E-state index contributed by atoms with van der Waals surface area (Å²) in [7, 11) is 0. The fourth-order valence-corrected chi connectivity index (χ4v) is 6.32. The Morgan fingerprint density at radius 2 is 1.48 bits per heavy atom. The van der Waals surface area contributed by atoms with Crippen LogP contribution in [0.5, 0.6) is 0 Å². The van der Waals surface area contributed by atoms with Crippen molar-refractivity contribution < 1.29 is 4.79 Å². The van der Waals surface area contributed by atoms with Gasteiger partial charge in [-0.3, -0.25) is 15.1 Å². The summed E-state index contributed by atoms with van der Waals surface area (Å²) >= 11 is 0. The molecule has 0 spiro atoms. The second-order valence-corrected chi connectivity index (χ2v) is 12.1. The van der Waals surface area contributed by atoms with Gasteiger partial charge in [0.15, 0.2) is 0 Å². The first-order valence-electron chi connectivity index (χ1n) is 16.2. The van der Waals surface area contributed by atoms with Crippen LogP contribution in [0.1, 0.15) is 86.6 Å². The minimum atomic E-state index is -0.356. The smallest absolute Gasteiger partial charge is 0.237 e. The number of unbranched alkanes of at least 4 members (excludes halogenated alkanes) is 3. The van der Waals surface area contributed by atoms with Crippen molar-refractivity contribution in [3.63, 3.8) is 0 Å². The third-order valence-electron chi connectivity index (χ3n) is 8.87. The molecule has 1 amide bonds. The zero-order chi connectivity index (χ0) is 28.8. The quantitative estimate of drug-likeness (QED) is 0.144. The van der Waals surface area contributed by atoms with Crippen LogP contribution in [-0.4, -0.2) is 16.9 Å². The third-order valence-corrected chi connectivity index (χ3v) is 8.87. The van der Waals surface area contributed by atoms with E-state index in [-0.39, 0.29) is 11.9 Å². The SMILES string of the molecule is O=C(NCc1ccc(CCCCCCC2CCCCC2)cc1)[C@H](Cc1ccc2ccccc2c1)NCc1ccccn1. The highest BCUT2D eigenvalue weighted by Crippen LogP contribution is 2.28. The van der Waals surface area contributed by atoms with E-state index in [1.807, 2.05) is 18.2 Å². The molecule has 4 nitrogen and oxygen atoms in total. The molecule has 0 radical (unpaired) electrons. The summed E-state index contributed by atoms with van der Waals surface area (Å²) < 4.78 is 0. The van der Waals surface area contributed by atoms with Crippen molar-refractivity contribution in [3.8, 4) is 0 Å². The Bertz CT molecular complexity index is 1360. The van der Waals surface area contributed by atoms with Crippen molar-refractivity contribution in [2.45, 2.75) is 96.2 Å². The number of hydrogen-bond donors (Lipinski definition) is 2. The molecular weight excluding hydrogens is 514 g/mol. The van der Waals surface area contributed by atoms with Gasteiger partial charge in [-0.1, -0.05) is 131 Å². The van der Waals surface area contributed by atoms with Gasteiger partial charge in [0, 0.05) is 19.3 Å². The van der Waals surface area contributed by atoms with Gasteiger partial charge in [0.1, 0.15) is 0 Å². The maximum atomic E-state index is 13.4. The number of amides is 1. The largest absolute Gasteiger partial charge is 0.351 e. The van der Waals surface area contributed by atoms with E-state index in [0.717, 1.165) is 29.2 Å². The van der Waals surface area contributed by atoms with E-state index in [4.69, 9.17) is 0 Å². The van der Waals surface area contributed by atoms with Gasteiger partial charge in [-0.05, 0) is 64.8 Å². The Hall–Kier alpha value is -3.50. The molecule has 42 heavy (non-hydrogen) atoms. The Labute approximate surface area is 252 Å². The number of aryl methyl sites for hydroxylation is 1. The third kappa shape index (κ3) is 9.52. The maximum absolute atomic E-state index is 13.4. The Morgan fingerprint density at radius 1 is 0.738 bits per heavy atom. The first-order valence-corrected chi connectivity index (χ1v) is 16.2. The molecule has 0 saturated heterocycles. The van der Waals surface area contributed by atoms with Crippen LogP contribution in [0.15, 0.2) is 91.1 Å². The lowest BCUT2D eigenvalue weighted by atomic mass is 9.85. The molecule has 0 bridgehead atoms. The predicted octanol–water partition coefficient (Wildman–Crippen LogP) is 8.33. The van der Waals surface area contributed by atoms with Gasteiger partial charge in [-0.25, -0.2) is 0 Å². The number of nitrogens with zero attached hydrogens (tertiary/aromatic N) is 1. The van der Waals surface area contributed by atoms with Crippen LogP contribution in [0.4, 0.5) is 0 Å². The van der Waals surface area contributed by atoms with Crippen LogP contribution in [0, 0.1) is 5.92 Å². The molecule has 5 rings (SSSR count). The van der Waals surface area contributed by atoms with E-state index in [2.05, 4.69) is 82.3 Å². The number of rotatable bonds is 15. The van der Waals surface area contributed by atoms with Gasteiger partial charge in [-0.2, -0.15) is 0 Å². The second-order valence-electron chi connectivity index (χ2n) is 12.1. The number of carbonyl (C=O) groups excluding carboxylic acids is 1. The zero-order valence-corrected chi connectivity index (χ0v) is 25.1. The number of nitrogens with one attached hydrogen (secondary N) is 2. The Kier molecular flexibility index (Phi) is 11.6. The highest BCUT2D eigenvalue weighted by molar-refractivity contribution is 5.84. The number of benzene rings is 3. The molecule has 0 unspecified atom stereocenters. The van der Waals surface area contributed by atoms with E-state index < -0.39 is 0 Å². The van der Waals surface area contributed by atoms with E-state index in [9.17, 15) is 4.79 Å².